The standard InChI is InChI=1S/C16H17ClFNO/c1-10-4-3-5-15(16(10)18)20-14-7-6-12(8-11(2)19)9-13(14)17/h3-7,9,11H,8,19H2,1-2H3. The molecule has 2 nitrogen and oxygen atoms in total. The van der Waals surface area contributed by atoms with E-state index in [1.165, 1.54) is 0 Å². The number of nitrogens with two attached hydrogens (primary N) is 1. The first-order valence-electron chi connectivity index (χ1n) is 6.44. The quantitative estimate of drug-likeness (QED) is 0.902. The molecule has 4 heteroatoms. The third-order valence-corrected chi connectivity index (χ3v) is 3.23. The Labute approximate surface area is 123 Å². The van der Waals surface area contributed by atoms with Crippen LogP contribution in [0.4, 0.5) is 4.39 Å². The van der Waals surface area contributed by atoms with Crippen LogP contribution in [0, 0.1) is 12.7 Å². The molecule has 0 aliphatic heterocycles. The normalized spacial score (nSPS) is 12.2. The van der Waals surface area contributed by atoms with Gasteiger partial charge < -0.3 is 10.5 Å². The van der Waals surface area contributed by atoms with Crippen LogP contribution in [0.2, 0.25) is 5.02 Å². The largest absolute Gasteiger partial charge is 0.453 e. The topological polar surface area (TPSA) is 35.2 Å². The van der Waals surface area contributed by atoms with E-state index in [9.17, 15) is 4.39 Å². The number of aryl methyl sites for hydroxylation is 1. The van der Waals surface area contributed by atoms with E-state index in [0.29, 0.717) is 16.3 Å². The van der Waals surface area contributed by atoms with Crippen LogP contribution in [0.5, 0.6) is 11.5 Å². The Morgan fingerprint density at radius 1 is 1.25 bits per heavy atom. The summed E-state index contributed by atoms with van der Waals surface area (Å²) >= 11 is 6.17. The van der Waals surface area contributed by atoms with Crippen LogP contribution in [0.25, 0.3) is 0 Å². The van der Waals surface area contributed by atoms with Crippen molar-refractivity contribution in [1.82, 2.24) is 0 Å². The zero-order valence-electron chi connectivity index (χ0n) is 11.5. The van der Waals surface area contributed by atoms with Gasteiger partial charge in [0.2, 0.25) is 0 Å². The summed E-state index contributed by atoms with van der Waals surface area (Å²) in [5.74, 6) is 0.236. The summed E-state index contributed by atoms with van der Waals surface area (Å²) < 4.78 is 19.4. The van der Waals surface area contributed by atoms with Crippen molar-refractivity contribution < 1.29 is 9.13 Å². The SMILES string of the molecule is Cc1cccc(Oc2ccc(CC(C)N)cc2Cl)c1F. The van der Waals surface area contributed by atoms with Gasteiger partial charge in [-0.15, -0.1) is 0 Å². The van der Waals surface area contributed by atoms with Gasteiger partial charge in [-0.05, 0) is 49.6 Å². The van der Waals surface area contributed by atoms with Gasteiger partial charge in [0.05, 0.1) is 5.02 Å². The molecule has 2 rings (SSSR count). The molecule has 106 valence electrons. The number of benzene rings is 2. The van der Waals surface area contributed by atoms with Crippen LogP contribution < -0.4 is 10.5 Å². The lowest BCUT2D eigenvalue weighted by atomic mass is 10.1. The Bertz CT molecular complexity index is 613. The fourth-order valence-electron chi connectivity index (χ4n) is 1.94. The number of hydrogen-bond acceptors (Lipinski definition) is 2. The molecule has 0 aliphatic rings. The average Bonchev–Trinajstić information content (AvgIpc) is 2.37. The summed E-state index contributed by atoms with van der Waals surface area (Å²) in [4.78, 5) is 0. The molecule has 20 heavy (non-hydrogen) atoms. The second-order valence-corrected chi connectivity index (χ2v) is 5.34. The van der Waals surface area contributed by atoms with E-state index in [-0.39, 0.29) is 17.6 Å². The van der Waals surface area contributed by atoms with Crippen molar-refractivity contribution in [2.24, 2.45) is 5.73 Å². The second-order valence-electron chi connectivity index (χ2n) is 4.94. The molecule has 2 aromatic rings. The van der Waals surface area contributed by atoms with Crippen molar-refractivity contribution in [3.63, 3.8) is 0 Å². The van der Waals surface area contributed by atoms with Gasteiger partial charge in [0.25, 0.3) is 0 Å². The number of hydrogen-bond donors (Lipinski definition) is 1. The highest BCUT2D eigenvalue weighted by atomic mass is 35.5. The van der Waals surface area contributed by atoms with Crippen molar-refractivity contribution in [2.45, 2.75) is 26.3 Å². The molecule has 1 atom stereocenters. The molecule has 0 bridgehead atoms. The highest BCUT2D eigenvalue weighted by molar-refractivity contribution is 6.32. The minimum atomic E-state index is -0.372. The zero-order chi connectivity index (χ0) is 14.7. The molecule has 0 radical (unpaired) electrons. The highest BCUT2D eigenvalue weighted by Crippen LogP contribution is 2.32. The molecule has 0 aliphatic carbocycles. The summed E-state index contributed by atoms with van der Waals surface area (Å²) in [6.07, 6.45) is 0.735. The highest BCUT2D eigenvalue weighted by Gasteiger charge is 2.10. The van der Waals surface area contributed by atoms with Gasteiger partial charge in [-0.1, -0.05) is 29.8 Å². The fourth-order valence-corrected chi connectivity index (χ4v) is 2.19. The van der Waals surface area contributed by atoms with Crippen LogP contribution in [0.15, 0.2) is 36.4 Å². The summed E-state index contributed by atoms with van der Waals surface area (Å²) in [5.41, 5.74) is 7.31. The molecule has 0 aromatic heterocycles. The van der Waals surface area contributed by atoms with Crippen LogP contribution in [-0.2, 0) is 6.42 Å². The third-order valence-electron chi connectivity index (χ3n) is 2.93. The molecule has 0 saturated carbocycles. The van der Waals surface area contributed by atoms with Crippen LogP contribution in [0.1, 0.15) is 18.1 Å². The van der Waals surface area contributed by atoms with Crippen LogP contribution in [-0.4, -0.2) is 6.04 Å². The third kappa shape index (κ3) is 3.50. The second kappa shape index (κ2) is 6.25. The van der Waals surface area contributed by atoms with Crippen molar-refractivity contribution in [2.75, 3.05) is 0 Å². The minimum absolute atomic E-state index is 0.0621. The van der Waals surface area contributed by atoms with E-state index >= 15 is 0 Å². The summed E-state index contributed by atoms with van der Waals surface area (Å²) in [6, 6.07) is 10.5. The van der Waals surface area contributed by atoms with E-state index < -0.39 is 0 Å². The zero-order valence-corrected chi connectivity index (χ0v) is 12.2. The smallest absolute Gasteiger partial charge is 0.168 e. The van der Waals surface area contributed by atoms with Gasteiger partial charge in [-0.3, -0.25) is 0 Å². The Morgan fingerprint density at radius 2 is 2.00 bits per heavy atom. The first kappa shape index (κ1) is 14.8. The van der Waals surface area contributed by atoms with Crippen molar-refractivity contribution in [1.29, 1.82) is 0 Å². The predicted molar refractivity (Wildman–Crippen MR) is 80.0 cm³/mol. The molecule has 0 spiro atoms. The molecular weight excluding hydrogens is 277 g/mol. The number of ether oxygens (including phenoxy) is 1. The Balaban J connectivity index is 2.24. The average molecular weight is 294 g/mol. The molecule has 0 fully saturated rings. The first-order chi connectivity index (χ1) is 9.47. The van der Waals surface area contributed by atoms with E-state index in [1.807, 2.05) is 13.0 Å². The molecule has 2 N–H and O–H groups in total. The molecule has 0 heterocycles. The summed E-state index contributed by atoms with van der Waals surface area (Å²) in [6.45, 7) is 3.62. The van der Waals surface area contributed by atoms with Gasteiger partial charge in [0.15, 0.2) is 11.6 Å². The first-order valence-corrected chi connectivity index (χ1v) is 6.82. The maximum absolute atomic E-state index is 13.9. The van der Waals surface area contributed by atoms with Crippen molar-refractivity contribution in [3.05, 3.63) is 58.4 Å². The van der Waals surface area contributed by atoms with Crippen LogP contribution in [0.3, 0.4) is 0 Å². The maximum atomic E-state index is 13.9. The Morgan fingerprint density at radius 3 is 2.65 bits per heavy atom. The lowest BCUT2D eigenvalue weighted by Gasteiger charge is -2.11. The number of rotatable bonds is 4. The minimum Gasteiger partial charge on any atom is -0.453 e. The van der Waals surface area contributed by atoms with Crippen molar-refractivity contribution in [3.8, 4) is 11.5 Å². The van der Waals surface area contributed by atoms with Crippen LogP contribution >= 0.6 is 11.6 Å². The van der Waals surface area contributed by atoms with Gasteiger partial charge >= 0.3 is 0 Å². The maximum Gasteiger partial charge on any atom is 0.168 e. The molecule has 2 aromatic carbocycles. The monoisotopic (exact) mass is 293 g/mol. The van der Waals surface area contributed by atoms with Gasteiger partial charge in [0, 0.05) is 6.04 Å². The van der Waals surface area contributed by atoms with Crippen molar-refractivity contribution >= 4 is 11.6 Å². The lowest BCUT2D eigenvalue weighted by Crippen LogP contribution is -2.17. The Hall–Kier alpha value is -1.58. The van der Waals surface area contributed by atoms with E-state index in [2.05, 4.69) is 0 Å². The Kier molecular flexibility index (Phi) is 4.63. The molecule has 0 saturated heterocycles. The summed E-state index contributed by atoms with van der Waals surface area (Å²) in [7, 11) is 0. The molecule has 1 unspecified atom stereocenters. The van der Waals surface area contributed by atoms with Gasteiger partial charge in [0.1, 0.15) is 5.75 Å². The van der Waals surface area contributed by atoms with Gasteiger partial charge in [-0.2, -0.15) is 0 Å². The van der Waals surface area contributed by atoms with Gasteiger partial charge in [-0.25, -0.2) is 4.39 Å². The van der Waals surface area contributed by atoms with E-state index in [1.54, 1.807) is 37.3 Å². The van der Waals surface area contributed by atoms with E-state index in [0.717, 1.165) is 12.0 Å². The van der Waals surface area contributed by atoms with E-state index in [4.69, 9.17) is 22.1 Å². The molecule has 0 amide bonds. The number of halogens is 2. The lowest BCUT2D eigenvalue weighted by molar-refractivity contribution is 0.440. The summed E-state index contributed by atoms with van der Waals surface area (Å²) in [5, 5.41) is 0.448. The molecular formula is C16H17ClFNO. The predicted octanol–water partition coefficient (Wildman–Crippen LogP) is 4.47. The fraction of sp³-hybridized carbons (Fsp3) is 0.250.